The first-order valence-corrected chi connectivity index (χ1v) is 5.61. The Hall–Kier alpha value is -1.10. The molecule has 5 nitrogen and oxygen atoms in total. The van der Waals surface area contributed by atoms with Crippen molar-refractivity contribution in [3.05, 3.63) is 0 Å². The van der Waals surface area contributed by atoms with E-state index in [1.165, 1.54) is 0 Å². The third-order valence-corrected chi connectivity index (χ3v) is 2.73. The summed E-state index contributed by atoms with van der Waals surface area (Å²) in [5.41, 5.74) is 0. The van der Waals surface area contributed by atoms with Crippen molar-refractivity contribution in [3.63, 3.8) is 0 Å². The number of nitrogens with one attached hydrogen (secondary N) is 2. The summed E-state index contributed by atoms with van der Waals surface area (Å²) in [5.74, 6) is -1.49. The van der Waals surface area contributed by atoms with Crippen LogP contribution < -0.4 is 10.6 Å². The van der Waals surface area contributed by atoms with Gasteiger partial charge in [0.15, 0.2) is 0 Å². The molecule has 0 fully saturated rings. The molecule has 0 heterocycles. The van der Waals surface area contributed by atoms with Gasteiger partial charge in [-0.05, 0) is 13.0 Å². The molecule has 0 bridgehead atoms. The van der Waals surface area contributed by atoms with E-state index >= 15 is 0 Å². The number of rotatable bonds is 7. The van der Waals surface area contributed by atoms with Gasteiger partial charge in [-0.2, -0.15) is 0 Å². The highest BCUT2D eigenvalue weighted by atomic mass is 16.4. The van der Waals surface area contributed by atoms with Gasteiger partial charge in [-0.25, -0.2) is 4.79 Å². The zero-order valence-corrected chi connectivity index (χ0v) is 10.4. The molecule has 0 aromatic rings. The number of hydrogen-bond donors (Lipinski definition) is 3. The fourth-order valence-electron chi connectivity index (χ4n) is 1.38. The van der Waals surface area contributed by atoms with Crippen molar-refractivity contribution in [2.75, 3.05) is 13.6 Å². The predicted molar refractivity (Wildman–Crippen MR) is 62.1 cm³/mol. The maximum absolute atomic E-state index is 11.7. The minimum atomic E-state index is -0.973. The molecule has 1 amide bonds. The van der Waals surface area contributed by atoms with E-state index in [1.807, 2.05) is 13.8 Å². The smallest absolute Gasteiger partial charge is 0.326 e. The molecule has 0 saturated heterocycles. The molecule has 0 saturated carbocycles. The molecule has 0 rings (SSSR count). The third kappa shape index (κ3) is 4.61. The average Bonchev–Trinajstić information content (AvgIpc) is 2.24. The molecule has 3 atom stereocenters. The summed E-state index contributed by atoms with van der Waals surface area (Å²) in [6.07, 6.45) is 0.720. The summed E-state index contributed by atoms with van der Waals surface area (Å²) in [6.45, 7) is 6.03. The molecular formula is C11H22N2O3. The molecule has 0 radical (unpaired) electrons. The van der Waals surface area contributed by atoms with Gasteiger partial charge < -0.3 is 15.7 Å². The molecule has 0 aliphatic carbocycles. The van der Waals surface area contributed by atoms with Crippen LogP contribution in [0.1, 0.15) is 27.2 Å². The predicted octanol–water partition coefficient (Wildman–Crippen LogP) is 0.457. The topological polar surface area (TPSA) is 78.4 Å². The lowest BCUT2D eigenvalue weighted by Crippen LogP contribution is -2.48. The van der Waals surface area contributed by atoms with Crippen LogP contribution in [0.15, 0.2) is 0 Å². The van der Waals surface area contributed by atoms with Crippen LogP contribution in [-0.4, -0.2) is 36.6 Å². The Morgan fingerprint density at radius 2 is 1.88 bits per heavy atom. The van der Waals surface area contributed by atoms with Gasteiger partial charge in [0.1, 0.15) is 6.04 Å². The van der Waals surface area contributed by atoms with Crippen LogP contribution in [0.2, 0.25) is 0 Å². The molecule has 94 valence electrons. The Balaban J connectivity index is 4.40. The van der Waals surface area contributed by atoms with Crippen molar-refractivity contribution >= 4 is 11.9 Å². The summed E-state index contributed by atoms with van der Waals surface area (Å²) >= 11 is 0. The Bertz CT molecular complexity index is 243. The van der Waals surface area contributed by atoms with E-state index in [4.69, 9.17) is 5.11 Å². The van der Waals surface area contributed by atoms with Crippen molar-refractivity contribution in [1.82, 2.24) is 10.6 Å². The average molecular weight is 230 g/mol. The lowest BCUT2D eigenvalue weighted by atomic mass is 9.98. The highest BCUT2D eigenvalue weighted by molar-refractivity contribution is 5.85. The minimum Gasteiger partial charge on any atom is -0.480 e. The first-order chi connectivity index (χ1) is 7.43. The van der Waals surface area contributed by atoms with Crippen molar-refractivity contribution < 1.29 is 14.7 Å². The van der Waals surface area contributed by atoms with Gasteiger partial charge in [0.25, 0.3) is 0 Å². The molecule has 0 aromatic heterocycles. The van der Waals surface area contributed by atoms with E-state index in [0.29, 0.717) is 6.54 Å². The van der Waals surface area contributed by atoms with Crippen LogP contribution in [0.5, 0.6) is 0 Å². The Morgan fingerprint density at radius 1 is 1.31 bits per heavy atom. The van der Waals surface area contributed by atoms with Crippen LogP contribution in [0.3, 0.4) is 0 Å². The van der Waals surface area contributed by atoms with Crippen molar-refractivity contribution in [1.29, 1.82) is 0 Å². The second-order valence-corrected chi connectivity index (χ2v) is 4.17. The second-order valence-electron chi connectivity index (χ2n) is 4.17. The molecule has 0 aliphatic rings. The number of carbonyl (C=O) groups is 2. The lowest BCUT2D eigenvalue weighted by molar-refractivity contribution is -0.143. The second kappa shape index (κ2) is 7.22. The summed E-state index contributed by atoms with van der Waals surface area (Å²) < 4.78 is 0. The number of amides is 1. The van der Waals surface area contributed by atoms with E-state index < -0.39 is 12.0 Å². The molecule has 0 spiro atoms. The number of carboxylic acid groups (broad SMARTS) is 1. The van der Waals surface area contributed by atoms with Gasteiger partial charge in [0, 0.05) is 12.5 Å². The number of hydrogen-bond acceptors (Lipinski definition) is 3. The van der Waals surface area contributed by atoms with Crippen LogP contribution in [0, 0.1) is 11.8 Å². The van der Waals surface area contributed by atoms with Crippen LogP contribution >= 0.6 is 0 Å². The van der Waals surface area contributed by atoms with Crippen molar-refractivity contribution in [3.8, 4) is 0 Å². The summed E-state index contributed by atoms with van der Waals surface area (Å²) in [7, 11) is 1.76. The van der Waals surface area contributed by atoms with Gasteiger partial charge in [-0.15, -0.1) is 0 Å². The lowest BCUT2D eigenvalue weighted by Gasteiger charge is -2.22. The highest BCUT2D eigenvalue weighted by Crippen LogP contribution is 2.08. The zero-order chi connectivity index (χ0) is 12.7. The van der Waals surface area contributed by atoms with Crippen LogP contribution in [0.25, 0.3) is 0 Å². The highest BCUT2D eigenvalue weighted by Gasteiger charge is 2.26. The normalized spacial score (nSPS) is 16.2. The van der Waals surface area contributed by atoms with E-state index in [0.717, 1.165) is 6.42 Å². The molecule has 5 heteroatoms. The van der Waals surface area contributed by atoms with E-state index in [9.17, 15) is 9.59 Å². The number of aliphatic carboxylic acids is 1. The minimum absolute atomic E-state index is 0.0664. The largest absolute Gasteiger partial charge is 0.480 e. The first kappa shape index (κ1) is 14.9. The van der Waals surface area contributed by atoms with E-state index in [1.54, 1.807) is 14.0 Å². The molecule has 0 aliphatic heterocycles. The zero-order valence-electron chi connectivity index (χ0n) is 10.4. The quantitative estimate of drug-likeness (QED) is 0.593. The molecule has 2 unspecified atom stereocenters. The number of carbonyl (C=O) groups excluding carboxylic acids is 1. The van der Waals surface area contributed by atoms with Crippen molar-refractivity contribution in [2.45, 2.75) is 33.2 Å². The van der Waals surface area contributed by atoms with Gasteiger partial charge in [-0.3, -0.25) is 4.79 Å². The van der Waals surface area contributed by atoms with Crippen LogP contribution in [-0.2, 0) is 9.59 Å². The maximum Gasteiger partial charge on any atom is 0.326 e. The number of carboxylic acids is 1. The maximum atomic E-state index is 11.7. The Kier molecular flexibility index (Phi) is 6.72. The third-order valence-electron chi connectivity index (χ3n) is 2.73. The van der Waals surface area contributed by atoms with Gasteiger partial charge in [0.2, 0.25) is 5.91 Å². The fourth-order valence-corrected chi connectivity index (χ4v) is 1.38. The molecule has 0 aromatic carbocycles. The van der Waals surface area contributed by atoms with Crippen molar-refractivity contribution in [2.24, 2.45) is 11.8 Å². The fraction of sp³-hybridized carbons (Fsp3) is 0.818. The van der Waals surface area contributed by atoms with Gasteiger partial charge in [-0.1, -0.05) is 27.2 Å². The Labute approximate surface area is 96.6 Å². The summed E-state index contributed by atoms with van der Waals surface area (Å²) in [6, 6.07) is -0.795. The van der Waals surface area contributed by atoms with E-state index in [-0.39, 0.29) is 17.7 Å². The summed E-state index contributed by atoms with van der Waals surface area (Å²) in [5, 5.41) is 14.5. The Morgan fingerprint density at radius 3 is 2.25 bits per heavy atom. The SMILES string of the molecule is CCC(C)[C@H](NC(=O)C(C)CNC)C(=O)O. The van der Waals surface area contributed by atoms with Gasteiger partial charge >= 0.3 is 5.97 Å². The standard InChI is InChI=1S/C11H22N2O3/c1-5-7(2)9(11(15)16)13-10(14)8(3)6-12-4/h7-9,12H,5-6H2,1-4H3,(H,13,14)(H,15,16)/t7?,8?,9-/m0/s1. The van der Waals surface area contributed by atoms with E-state index in [2.05, 4.69) is 10.6 Å². The monoisotopic (exact) mass is 230 g/mol. The molecule has 3 N–H and O–H groups in total. The van der Waals surface area contributed by atoms with Gasteiger partial charge in [0.05, 0.1) is 0 Å². The molecule has 16 heavy (non-hydrogen) atoms. The van der Waals surface area contributed by atoms with Crippen LogP contribution in [0.4, 0.5) is 0 Å². The molecular weight excluding hydrogens is 208 g/mol. The first-order valence-electron chi connectivity index (χ1n) is 5.61. The summed E-state index contributed by atoms with van der Waals surface area (Å²) in [4.78, 5) is 22.6.